The van der Waals surface area contributed by atoms with Crippen LogP contribution < -0.4 is 5.56 Å². The standard InChI is InChI=1S/C21H27N3OS/c1-4-10-18-22-20-19(17(15-26-20)16-11-8-7-9-12-16)21(25)24(18)14-13-23(5-2)6-3/h7-9,11-12,15H,4-6,10,13-14H2,1-3H3. The average molecular weight is 370 g/mol. The van der Waals surface area contributed by atoms with Gasteiger partial charge in [-0.05, 0) is 25.1 Å². The molecule has 3 aromatic rings. The quantitative estimate of drug-likeness (QED) is 0.590. The van der Waals surface area contributed by atoms with Gasteiger partial charge in [-0.25, -0.2) is 4.98 Å². The maximum absolute atomic E-state index is 13.4. The summed E-state index contributed by atoms with van der Waals surface area (Å²) in [7, 11) is 0. The normalized spacial score (nSPS) is 11.5. The molecule has 0 fully saturated rings. The second-order valence-electron chi connectivity index (χ2n) is 6.46. The van der Waals surface area contributed by atoms with Crippen LogP contribution in [0.3, 0.4) is 0 Å². The van der Waals surface area contributed by atoms with Crippen molar-refractivity contribution in [2.24, 2.45) is 0 Å². The fourth-order valence-electron chi connectivity index (χ4n) is 3.32. The van der Waals surface area contributed by atoms with E-state index < -0.39 is 0 Å². The van der Waals surface area contributed by atoms with Crippen LogP contribution in [0.5, 0.6) is 0 Å². The Balaban J connectivity index is 2.10. The number of aryl methyl sites for hydroxylation is 1. The highest BCUT2D eigenvalue weighted by Crippen LogP contribution is 2.30. The molecule has 5 heteroatoms. The first-order valence-electron chi connectivity index (χ1n) is 9.48. The maximum atomic E-state index is 13.4. The van der Waals surface area contributed by atoms with E-state index >= 15 is 0 Å². The van der Waals surface area contributed by atoms with Crippen molar-refractivity contribution in [3.05, 3.63) is 51.9 Å². The molecule has 0 radical (unpaired) electrons. The predicted octanol–water partition coefficient (Wildman–Crippen LogP) is 4.42. The Hall–Kier alpha value is -1.98. The van der Waals surface area contributed by atoms with E-state index in [1.807, 2.05) is 22.8 Å². The molecule has 138 valence electrons. The van der Waals surface area contributed by atoms with Crippen LogP contribution in [-0.4, -0.2) is 34.1 Å². The zero-order chi connectivity index (χ0) is 18.5. The van der Waals surface area contributed by atoms with Crippen molar-refractivity contribution >= 4 is 21.6 Å². The summed E-state index contributed by atoms with van der Waals surface area (Å²) in [5.74, 6) is 0.915. The molecule has 1 aromatic carbocycles. The second kappa shape index (κ2) is 8.60. The number of aromatic nitrogens is 2. The molecule has 0 aliphatic carbocycles. The summed E-state index contributed by atoms with van der Waals surface area (Å²) in [6, 6.07) is 10.1. The van der Waals surface area contributed by atoms with Crippen LogP contribution in [0.15, 0.2) is 40.5 Å². The summed E-state index contributed by atoms with van der Waals surface area (Å²) in [5.41, 5.74) is 2.18. The van der Waals surface area contributed by atoms with Crippen molar-refractivity contribution in [3.63, 3.8) is 0 Å². The number of hydrogen-bond acceptors (Lipinski definition) is 4. The molecular formula is C21H27N3OS. The molecule has 0 aliphatic heterocycles. The van der Waals surface area contributed by atoms with E-state index in [9.17, 15) is 4.79 Å². The zero-order valence-electron chi connectivity index (χ0n) is 15.9. The highest BCUT2D eigenvalue weighted by Gasteiger charge is 2.17. The lowest BCUT2D eigenvalue weighted by Gasteiger charge is -2.20. The summed E-state index contributed by atoms with van der Waals surface area (Å²) in [6.07, 6.45) is 1.82. The van der Waals surface area contributed by atoms with Crippen molar-refractivity contribution in [3.8, 4) is 11.1 Å². The molecular weight excluding hydrogens is 342 g/mol. The molecule has 0 aliphatic rings. The lowest BCUT2D eigenvalue weighted by atomic mass is 10.1. The van der Waals surface area contributed by atoms with Crippen LogP contribution in [0.4, 0.5) is 0 Å². The van der Waals surface area contributed by atoms with E-state index in [4.69, 9.17) is 4.98 Å². The molecule has 26 heavy (non-hydrogen) atoms. The first-order chi connectivity index (χ1) is 12.7. The van der Waals surface area contributed by atoms with Crippen LogP contribution in [-0.2, 0) is 13.0 Å². The monoisotopic (exact) mass is 369 g/mol. The Morgan fingerprint density at radius 3 is 2.50 bits per heavy atom. The molecule has 0 atom stereocenters. The van der Waals surface area contributed by atoms with Crippen molar-refractivity contribution in [2.75, 3.05) is 19.6 Å². The Bertz CT molecular complexity index is 910. The van der Waals surface area contributed by atoms with Gasteiger partial charge in [0.2, 0.25) is 0 Å². The predicted molar refractivity (Wildman–Crippen MR) is 111 cm³/mol. The molecule has 0 N–H and O–H groups in total. The molecule has 0 saturated carbocycles. The zero-order valence-corrected chi connectivity index (χ0v) is 16.7. The second-order valence-corrected chi connectivity index (χ2v) is 7.32. The third-order valence-corrected chi connectivity index (χ3v) is 5.74. The molecule has 2 aromatic heterocycles. The Kier molecular flexibility index (Phi) is 6.22. The van der Waals surface area contributed by atoms with Gasteiger partial charge in [0.15, 0.2) is 0 Å². The number of hydrogen-bond donors (Lipinski definition) is 0. The van der Waals surface area contributed by atoms with E-state index in [-0.39, 0.29) is 5.56 Å². The third kappa shape index (κ3) is 3.74. The average Bonchev–Trinajstić information content (AvgIpc) is 3.09. The number of thiophene rings is 1. The van der Waals surface area contributed by atoms with Gasteiger partial charge in [0.1, 0.15) is 10.7 Å². The van der Waals surface area contributed by atoms with Gasteiger partial charge < -0.3 is 4.90 Å². The maximum Gasteiger partial charge on any atom is 0.262 e. The van der Waals surface area contributed by atoms with E-state index in [1.165, 1.54) is 0 Å². The van der Waals surface area contributed by atoms with Crippen LogP contribution in [0.2, 0.25) is 0 Å². The summed E-state index contributed by atoms with van der Waals surface area (Å²) in [4.78, 5) is 21.4. The smallest absolute Gasteiger partial charge is 0.262 e. The Labute approximate surface area is 159 Å². The van der Waals surface area contributed by atoms with Crippen LogP contribution in [0, 0.1) is 0 Å². The van der Waals surface area contributed by atoms with Gasteiger partial charge in [-0.1, -0.05) is 51.1 Å². The molecule has 3 rings (SSSR count). The van der Waals surface area contributed by atoms with E-state index in [0.717, 1.165) is 59.6 Å². The van der Waals surface area contributed by atoms with Gasteiger partial charge in [0, 0.05) is 30.5 Å². The van der Waals surface area contributed by atoms with Crippen LogP contribution in [0.1, 0.15) is 33.0 Å². The molecule has 4 nitrogen and oxygen atoms in total. The number of rotatable bonds is 8. The number of benzene rings is 1. The Morgan fingerprint density at radius 2 is 1.85 bits per heavy atom. The van der Waals surface area contributed by atoms with Gasteiger partial charge >= 0.3 is 0 Å². The Morgan fingerprint density at radius 1 is 1.12 bits per heavy atom. The SMILES string of the molecule is CCCc1nc2scc(-c3ccccc3)c2c(=O)n1CCN(CC)CC. The molecule has 0 amide bonds. The summed E-state index contributed by atoms with van der Waals surface area (Å²) in [5, 5.41) is 2.83. The van der Waals surface area contributed by atoms with Crippen molar-refractivity contribution in [1.82, 2.24) is 14.5 Å². The topological polar surface area (TPSA) is 38.1 Å². The molecule has 0 spiro atoms. The lowest BCUT2D eigenvalue weighted by Crippen LogP contribution is -2.33. The highest BCUT2D eigenvalue weighted by molar-refractivity contribution is 7.17. The molecule has 2 heterocycles. The minimum Gasteiger partial charge on any atom is -0.302 e. The van der Waals surface area contributed by atoms with Gasteiger partial charge in [-0.3, -0.25) is 9.36 Å². The van der Waals surface area contributed by atoms with E-state index in [0.29, 0.717) is 6.54 Å². The fraction of sp³-hybridized carbons (Fsp3) is 0.429. The summed E-state index contributed by atoms with van der Waals surface area (Å²) < 4.78 is 1.91. The van der Waals surface area contributed by atoms with Gasteiger partial charge in [-0.2, -0.15) is 0 Å². The fourth-order valence-corrected chi connectivity index (χ4v) is 4.28. The summed E-state index contributed by atoms with van der Waals surface area (Å²) >= 11 is 1.57. The van der Waals surface area contributed by atoms with E-state index in [1.54, 1.807) is 11.3 Å². The first kappa shape index (κ1) is 18.8. The molecule has 0 bridgehead atoms. The van der Waals surface area contributed by atoms with Gasteiger partial charge in [0.05, 0.1) is 5.39 Å². The minimum atomic E-state index is 0.103. The third-order valence-electron chi connectivity index (χ3n) is 4.87. The lowest BCUT2D eigenvalue weighted by molar-refractivity contribution is 0.287. The summed E-state index contributed by atoms with van der Waals surface area (Å²) in [6.45, 7) is 10.0. The minimum absolute atomic E-state index is 0.103. The molecule has 0 saturated heterocycles. The van der Waals surface area contributed by atoms with Crippen molar-refractivity contribution in [1.29, 1.82) is 0 Å². The number of likely N-dealkylation sites (N-methyl/N-ethyl adjacent to an activating group) is 1. The first-order valence-corrected chi connectivity index (χ1v) is 10.4. The highest BCUT2D eigenvalue weighted by atomic mass is 32.1. The molecule has 0 unspecified atom stereocenters. The van der Waals surface area contributed by atoms with Gasteiger partial charge in [-0.15, -0.1) is 11.3 Å². The largest absolute Gasteiger partial charge is 0.302 e. The van der Waals surface area contributed by atoms with E-state index in [2.05, 4.69) is 43.2 Å². The number of nitrogens with zero attached hydrogens (tertiary/aromatic N) is 3. The van der Waals surface area contributed by atoms with Crippen molar-refractivity contribution in [2.45, 2.75) is 40.2 Å². The van der Waals surface area contributed by atoms with Gasteiger partial charge in [0.25, 0.3) is 5.56 Å². The van der Waals surface area contributed by atoms with Crippen molar-refractivity contribution < 1.29 is 0 Å². The van der Waals surface area contributed by atoms with Crippen LogP contribution >= 0.6 is 11.3 Å². The number of fused-ring (bicyclic) bond motifs is 1. The van der Waals surface area contributed by atoms with Crippen LogP contribution in [0.25, 0.3) is 21.3 Å².